The average molecular weight is 643 g/mol. The number of fused-ring (bicyclic) bond motifs is 3. The minimum atomic E-state index is -2.64. The molecule has 5 heteroatoms. The van der Waals surface area contributed by atoms with Crippen LogP contribution in [0.15, 0.2) is 182 Å². The van der Waals surface area contributed by atoms with Crippen molar-refractivity contribution in [2.75, 3.05) is 0 Å². The summed E-state index contributed by atoms with van der Waals surface area (Å²) in [5.74, 6) is 1.88. The van der Waals surface area contributed by atoms with Crippen molar-refractivity contribution in [2.45, 2.75) is 0 Å². The van der Waals surface area contributed by atoms with E-state index in [0.29, 0.717) is 17.5 Å². The summed E-state index contributed by atoms with van der Waals surface area (Å²) < 4.78 is 0. The van der Waals surface area contributed by atoms with Crippen molar-refractivity contribution >= 4 is 28.8 Å². The Morgan fingerprint density at radius 1 is 0.327 bits per heavy atom. The van der Waals surface area contributed by atoms with Crippen molar-refractivity contribution in [1.82, 2.24) is 19.9 Å². The van der Waals surface area contributed by atoms with E-state index in [1.807, 2.05) is 42.5 Å². The molecule has 0 saturated carbocycles. The molecule has 0 unspecified atom stereocenters. The molecule has 230 valence electrons. The maximum Gasteiger partial charge on any atom is 0.180 e. The summed E-state index contributed by atoms with van der Waals surface area (Å²) in [5, 5.41) is 5.57. The molecule has 0 N–H and O–H groups in total. The standard InChI is InChI=1S/C44H30N4Si/c1-4-15-31(16-5-1)42-46-43(32-27-29-45-30-28-32)48-44(47-42)37-22-11-10-21-35(37)36-24-14-26-40-41(36)38-23-12-13-25-39(38)49(40,33-17-6-2-7-18-33)34-19-8-3-9-20-34/h1-30H. The van der Waals surface area contributed by atoms with Gasteiger partial charge in [-0.1, -0.05) is 158 Å². The van der Waals surface area contributed by atoms with Crippen molar-refractivity contribution in [3.05, 3.63) is 182 Å². The maximum atomic E-state index is 5.12. The fraction of sp³-hybridized carbons (Fsp3) is 0. The van der Waals surface area contributed by atoms with Crippen molar-refractivity contribution in [2.24, 2.45) is 0 Å². The Bertz CT molecular complexity index is 2340. The largest absolute Gasteiger partial charge is 0.265 e. The maximum absolute atomic E-state index is 5.12. The number of nitrogens with zero attached hydrogens (tertiary/aromatic N) is 4. The second-order valence-corrected chi connectivity index (χ2v) is 15.9. The van der Waals surface area contributed by atoms with E-state index in [4.69, 9.17) is 15.0 Å². The van der Waals surface area contributed by atoms with E-state index < -0.39 is 8.07 Å². The van der Waals surface area contributed by atoms with Crippen LogP contribution in [0.1, 0.15) is 0 Å². The molecule has 6 aromatic carbocycles. The van der Waals surface area contributed by atoms with Gasteiger partial charge in [0.05, 0.1) is 0 Å². The van der Waals surface area contributed by atoms with Crippen LogP contribution in [0.5, 0.6) is 0 Å². The Kier molecular flexibility index (Phi) is 7.10. The van der Waals surface area contributed by atoms with Crippen LogP contribution in [0.4, 0.5) is 0 Å². The topological polar surface area (TPSA) is 51.6 Å². The Balaban J connectivity index is 1.32. The highest BCUT2D eigenvalue weighted by atomic mass is 28.3. The molecule has 2 aromatic heterocycles. The van der Waals surface area contributed by atoms with Crippen LogP contribution in [-0.2, 0) is 0 Å². The van der Waals surface area contributed by atoms with Gasteiger partial charge in [-0.2, -0.15) is 0 Å². The van der Waals surface area contributed by atoms with E-state index >= 15 is 0 Å². The van der Waals surface area contributed by atoms with Gasteiger partial charge >= 0.3 is 0 Å². The van der Waals surface area contributed by atoms with Crippen molar-refractivity contribution < 1.29 is 0 Å². The molecule has 9 rings (SSSR count). The zero-order valence-corrected chi connectivity index (χ0v) is 27.6. The molecule has 0 fully saturated rings. The third-order valence-corrected chi connectivity index (χ3v) is 14.4. The summed E-state index contributed by atoms with van der Waals surface area (Å²) >= 11 is 0. The second-order valence-electron chi connectivity index (χ2n) is 12.2. The predicted octanol–water partition coefficient (Wildman–Crippen LogP) is 7.29. The molecule has 0 atom stereocenters. The first kappa shape index (κ1) is 28.9. The van der Waals surface area contributed by atoms with E-state index in [9.17, 15) is 0 Å². The number of hydrogen-bond donors (Lipinski definition) is 0. The minimum Gasteiger partial charge on any atom is -0.265 e. The molecule has 0 amide bonds. The van der Waals surface area contributed by atoms with E-state index in [-0.39, 0.29) is 0 Å². The van der Waals surface area contributed by atoms with E-state index in [1.54, 1.807) is 12.4 Å². The lowest BCUT2D eigenvalue weighted by Gasteiger charge is -2.31. The van der Waals surface area contributed by atoms with Gasteiger partial charge < -0.3 is 0 Å². The van der Waals surface area contributed by atoms with Crippen LogP contribution in [0, 0.1) is 0 Å². The first-order valence-electron chi connectivity index (χ1n) is 16.5. The lowest BCUT2D eigenvalue weighted by Crippen LogP contribution is -2.72. The summed E-state index contributed by atoms with van der Waals surface area (Å²) in [4.78, 5) is 19.4. The highest BCUT2D eigenvalue weighted by Crippen LogP contribution is 2.40. The molecule has 4 nitrogen and oxygen atoms in total. The molecule has 0 radical (unpaired) electrons. The smallest absolute Gasteiger partial charge is 0.180 e. The number of aromatic nitrogens is 4. The Hall–Kier alpha value is -6.30. The predicted molar refractivity (Wildman–Crippen MR) is 202 cm³/mol. The average Bonchev–Trinajstić information content (AvgIpc) is 3.50. The van der Waals surface area contributed by atoms with Gasteiger partial charge in [0, 0.05) is 29.1 Å². The lowest BCUT2D eigenvalue weighted by molar-refractivity contribution is 1.07. The second kappa shape index (κ2) is 12.1. The molecule has 0 aliphatic carbocycles. The first-order valence-corrected chi connectivity index (χ1v) is 18.5. The molecule has 1 aliphatic heterocycles. The van der Waals surface area contributed by atoms with Crippen LogP contribution in [-0.4, -0.2) is 28.0 Å². The zero-order chi connectivity index (χ0) is 32.6. The fourth-order valence-electron chi connectivity index (χ4n) is 7.47. The highest BCUT2D eigenvalue weighted by Gasteiger charge is 2.49. The van der Waals surface area contributed by atoms with Crippen molar-refractivity contribution in [3.63, 3.8) is 0 Å². The Labute approximate surface area is 286 Å². The van der Waals surface area contributed by atoms with Gasteiger partial charge in [0.1, 0.15) is 0 Å². The molecule has 0 bridgehead atoms. The molecular formula is C44H30N4Si. The van der Waals surface area contributed by atoms with Gasteiger partial charge in [0.2, 0.25) is 0 Å². The van der Waals surface area contributed by atoms with E-state index in [1.165, 1.54) is 37.4 Å². The summed E-state index contributed by atoms with van der Waals surface area (Å²) in [6, 6.07) is 60.6. The van der Waals surface area contributed by atoms with Crippen molar-refractivity contribution in [1.29, 1.82) is 0 Å². The van der Waals surface area contributed by atoms with Gasteiger partial charge in [-0.15, -0.1) is 0 Å². The lowest BCUT2D eigenvalue weighted by atomic mass is 9.91. The number of hydrogen-bond acceptors (Lipinski definition) is 4. The molecule has 49 heavy (non-hydrogen) atoms. The van der Waals surface area contributed by atoms with Gasteiger partial charge in [0.25, 0.3) is 0 Å². The normalized spacial score (nSPS) is 12.7. The number of pyridine rings is 1. The van der Waals surface area contributed by atoms with Crippen LogP contribution >= 0.6 is 0 Å². The van der Waals surface area contributed by atoms with Gasteiger partial charge in [-0.25, -0.2) is 15.0 Å². The quantitative estimate of drug-likeness (QED) is 0.179. The van der Waals surface area contributed by atoms with E-state index in [2.05, 4.69) is 132 Å². The molecule has 8 aromatic rings. The SMILES string of the molecule is c1ccc(-c2nc(-c3ccncc3)nc(-c3ccccc3-c3cccc4c3-c3ccccc3[Si]4(c3ccccc3)c3ccccc3)n2)cc1. The number of benzene rings is 6. The molecule has 0 spiro atoms. The summed E-state index contributed by atoms with van der Waals surface area (Å²) in [7, 11) is -2.64. The van der Waals surface area contributed by atoms with Gasteiger partial charge in [-0.05, 0) is 55.1 Å². The molecule has 1 aliphatic rings. The van der Waals surface area contributed by atoms with Gasteiger partial charge in [-0.3, -0.25) is 4.98 Å². The minimum absolute atomic E-state index is 0.615. The third-order valence-electron chi connectivity index (χ3n) is 9.55. The first-order chi connectivity index (χ1) is 24.3. The summed E-state index contributed by atoms with van der Waals surface area (Å²) in [6.07, 6.45) is 3.55. The highest BCUT2D eigenvalue weighted by molar-refractivity contribution is 7.22. The van der Waals surface area contributed by atoms with E-state index in [0.717, 1.165) is 22.3 Å². The third kappa shape index (κ3) is 4.74. The fourth-order valence-corrected chi connectivity index (χ4v) is 12.7. The van der Waals surface area contributed by atoms with Gasteiger partial charge in [0.15, 0.2) is 25.5 Å². The summed E-state index contributed by atoms with van der Waals surface area (Å²) in [6.45, 7) is 0. The summed E-state index contributed by atoms with van der Waals surface area (Å²) in [5.41, 5.74) is 7.64. The van der Waals surface area contributed by atoms with Crippen LogP contribution in [0.2, 0.25) is 0 Å². The van der Waals surface area contributed by atoms with Crippen LogP contribution < -0.4 is 20.7 Å². The van der Waals surface area contributed by atoms with Crippen LogP contribution in [0.25, 0.3) is 56.4 Å². The molecule has 0 saturated heterocycles. The monoisotopic (exact) mass is 642 g/mol. The Morgan fingerprint density at radius 3 is 1.45 bits per heavy atom. The number of rotatable bonds is 6. The van der Waals surface area contributed by atoms with Crippen molar-refractivity contribution in [3.8, 4) is 56.4 Å². The van der Waals surface area contributed by atoms with Crippen LogP contribution in [0.3, 0.4) is 0 Å². The zero-order valence-electron chi connectivity index (χ0n) is 26.6. The molecular weight excluding hydrogens is 613 g/mol. The molecule has 3 heterocycles. The Morgan fingerprint density at radius 2 is 0.796 bits per heavy atom.